The number of amides is 2. The summed E-state index contributed by atoms with van der Waals surface area (Å²) in [5.74, 6) is 0.295. The Morgan fingerprint density at radius 2 is 1.67 bits per heavy atom. The summed E-state index contributed by atoms with van der Waals surface area (Å²) in [6, 6.07) is 0.175. The number of rotatable bonds is 4. The van der Waals surface area contributed by atoms with Crippen molar-refractivity contribution in [2.24, 2.45) is 0 Å². The Morgan fingerprint density at radius 3 is 2.25 bits per heavy atom. The Morgan fingerprint density at radius 1 is 1.04 bits per heavy atom. The minimum absolute atomic E-state index is 0.175. The van der Waals surface area contributed by atoms with Gasteiger partial charge in [0.15, 0.2) is 0 Å². The van der Waals surface area contributed by atoms with E-state index in [2.05, 4.69) is 10.2 Å². The SMILES string of the molecule is CC(C)(C)OC(=O)NC1CCN(CCC(=O)N2CCCCC2)CC1. The lowest BCUT2D eigenvalue weighted by Crippen LogP contribution is -2.47. The van der Waals surface area contributed by atoms with Gasteiger partial charge in [-0.2, -0.15) is 0 Å². The van der Waals surface area contributed by atoms with Crippen molar-refractivity contribution in [3.63, 3.8) is 0 Å². The summed E-state index contributed by atoms with van der Waals surface area (Å²) in [5.41, 5.74) is -0.459. The first-order valence-corrected chi connectivity index (χ1v) is 9.33. The van der Waals surface area contributed by atoms with Crippen LogP contribution in [-0.4, -0.2) is 66.2 Å². The molecule has 2 aliphatic rings. The van der Waals surface area contributed by atoms with Crippen molar-refractivity contribution in [2.45, 2.75) is 70.9 Å². The molecule has 0 atom stereocenters. The molecule has 2 saturated heterocycles. The van der Waals surface area contributed by atoms with Crippen LogP contribution in [0, 0.1) is 0 Å². The summed E-state index contributed by atoms with van der Waals surface area (Å²) >= 11 is 0. The van der Waals surface area contributed by atoms with Gasteiger partial charge in [-0.3, -0.25) is 4.79 Å². The fourth-order valence-electron chi connectivity index (χ4n) is 3.33. The van der Waals surface area contributed by atoms with Crippen LogP contribution < -0.4 is 5.32 Å². The van der Waals surface area contributed by atoms with E-state index in [1.54, 1.807) is 0 Å². The third kappa shape index (κ3) is 6.67. The third-order valence-corrected chi connectivity index (χ3v) is 4.66. The van der Waals surface area contributed by atoms with E-state index in [1.165, 1.54) is 6.42 Å². The van der Waals surface area contributed by atoms with Gasteiger partial charge in [0.05, 0.1) is 0 Å². The maximum atomic E-state index is 12.2. The van der Waals surface area contributed by atoms with E-state index < -0.39 is 5.60 Å². The normalized spacial score (nSPS) is 20.7. The predicted octanol–water partition coefficient (Wildman–Crippen LogP) is 2.38. The molecule has 0 aromatic rings. The highest BCUT2D eigenvalue weighted by Gasteiger charge is 2.24. The van der Waals surface area contributed by atoms with Gasteiger partial charge in [0.2, 0.25) is 5.91 Å². The maximum absolute atomic E-state index is 12.2. The van der Waals surface area contributed by atoms with E-state index in [-0.39, 0.29) is 12.1 Å². The highest BCUT2D eigenvalue weighted by Crippen LogP contribution is 2.14. The van der Waals surface area contributed by atoms with Crippen molar-refractivity contribution in [1.82, 2.24) is 15.1 Å². The van der Waals surface area contributed by atoms with Crippen LogP contribution in [0.4, 0.5) is 4.79 Å². The molecule has 0 aromatic carbocycles. The monoisotopic (exact) mass is 339 g/mol. The number of hydrogen-bond donors (Lipinski definition) is 1. The largest absolute Gasteiger partial charge is 0.444 e. The van der Waals surface area contributed by atoms with Gasteiger partial charge in [-0.1, -0.05) is 0 Å². The summed E-state index contributed by atoms with van der Waals surface area (Å²) in [7, 11) is 0. The fourth-order valence-corrected chi connectivity index (χ4v) is 3.33. The number of alkyl carbamates (subject to hydrolysis) is 1. The second-order valence-corrected chi connectivity index (χ2v) is 7.95. The van der Waals surface area contributed by atoms with Crippen molar-refractivity contribution in [3.05, 3.63) is 0 Å². The van der Waals surface area contributed by atoms with E-state index in [0.29, 0.717) is 12.3 Å². The van der Waals surface area contributed by atoms with E-state index in [1.807, 2.05) is 25.7 Å². The first-order chi connectivity index (χ1) is 11.3. The summed E-state index contributed by atoms with van der Waals surface area (Å²) in [5, 5.41) is 2.95. The number of hydrogen-bond acceptors (Lipinski definition) is 4. The first-order valence-electron chi connectivity index (χ1n) is 9.33. The summed E-state index contributed by atoms with van der Waals surface area (Å²) in [6.07, 6.45) is 5.66. The van der Waals surface area contributed by atoms with E-state index in [0.717, 1.165) is 58.4 Å². The van der Waals surface area contributed by atoms with Gasteiger partial charge >= 0.3 is 6.09 Å². The topological polar surface area (TPSA) is 61.9 Å². The molecule has 6 heteroatoms. The highest BCUT2D eigenvalue weighted by molar-refractivity contribution is 5.76. The summed E-state index contributed by atoms with van der Waals surface area (Å²) in [6.45, 7) is 10.1. The van der Waals surface area contributed by atoms with Gasteiger partial charge in [0.25, 0.3) is 0 Å². The average molecular weight is 339 g/mol. The van der Waals surface area contributed by atoms with Crippen molar-refractivity contribution >= 4 is 12.0 Å². The molecule has 2 heterocycles. The van der Waals surface area contributed by atoms with Gasteiger partial charge in [-0.05, 0) is 52.9 Å². The van der Waals surface area contributed by atoms with Crippen molar-refractivity contribution in [3.8, 4) is 0 Å². The van der Waals surface area contributed by atoms with Gasteiger partial charge in [0.1, 0.15) is 5.60 Å². The number of likely N-dealkylation sites (tertiary alicyclic amines) is 2. The van der Waals surface area contributed by atoms with Crippen LogP contribution in [0.5, 0.6) is 0 Å². The lowest BCUT2D eigenvalue weighted by atomic mass is 10.0. The van der Waals surface area contributed by atoms with Gasteiger partial charge in [0, 0.05) is 45.2 Å². The zero-order valence-electron chi connectivity index (χ0n) is 15.5. The molecule has 1 N–H and O–H groups in total. The summed E-state index contributed by atoms with van der Waals surface area (Å²) in [4.78, 5) is 28.4. The number of nitrogens with one attached hydrogen (secondary N) is 1. The summed E-state index contributed by atoms with van der Waals surface area (Å²) < 4.78 is 5.30. The molecular formula is C18H33N3O3. The van der Waals surface area contributed by atoms with Crippen LogP contribution in [-0.2, 0) is 9.53 Å². The molecule has 2 rings (SSSR count). The molecule has 2 amide bonds. The smallest absolute Gasteiger partial charge is 0.407 e. The number of carbonyl (C=O) groups is 2. The molecule has 0 spiro atoms. The Kier molecular flexibility index (Phi) is 6.90. The van der Waals surface area contributed by atoms with Crippen LogP contribution >= 0.6 is 0 Å². The van der Waals surface area contributed by atoms with Crippen molar-refractivity contribution in [2.75, 3.05) is 32.7 Å². The van der Waals surface area contributed by atoms with Crippen LogP contribution in [0.3, 0.4) is 0 Å². The Balaban J connectivity index is 1.62. The zero-order valence-corrected chi connectivity index (χ0v) is 15.5. The van der Waals surface area contributed by atoms with Crippen LogP contribution in [0.2, 0.25) is 0 Å². The second kappa shape index (κ2) is 8.70. The molecule has 0 radical (unpaired) electrons. The van der Waals surface area contributed by atoms with E-state index in [4.69, 9.17) is 4.74 Å². The second-order valence-electron chi connectivity index (χ2n) is 7.95. The van der Waals surface area contributed by atoms with Gasteiger partial charge in [-0.15, -0.1) is 0 Å². The predicted molar refractivity (Wildman–Crippen MR) is 93.9 cm³/mol. The standard InChI is InChI=1S/C18H33N3O3/c1-18(2,3)24-17(23)19-15-7-12-20(13-8-15)14-9-16(22)21-10-5-4-6-11-21/h15H,4-14H2,1-3H3,(H,19,23). The number of piperidine rings is 2. The van der Waals surface area contributed by atoms with Gasteiger partial charge < -0.3 is 19.9 Å². The Labute approximate surface area is 145 Å². The van der Waals surface area contributed by atoms with Crippen molar-refractivity contribution in [1.29, 1.82) is 0 Å². The number of nitrogens with zero attached hydrogens (tertiary/aromatic N) is 2. The quantitative estimate of drug-likeness (QED) is 0.854. The minimum Gasteiger partial charge on any atom is -0.444 e. The molecule has 0 saturated carbocycles. The van der Waals surface area contributed by atoms with Gasteiger partial charge in [-0.25, -0.2) is 4.79 Å². The molecule has 2 aliphatic heterocycles. The number of carbonyl (C=O) groups excluding carboxylic acids is 2. The van der Waals surface area contributed by atoms with E-state index >= 15 is 0 Å². The minimum atomic E-state index is -0.459. The molecule has 24 heavy (non-hydrogen) atoms. The van der Waals surface area contributed by atoms with Crippen LogP contribution in [0.15, 0.2) is 0 Å². The molecule has 0 aromatic heterocycles. The van der Waals surface area contributed by atoms with E-state index in [9.17, 15) is 9.59 Å². The van der Waals surface area contributed by atoms with Crippen LogP contribution in [0.25, 0.3) is 0 Å². The first kappa shape index (κ1) is 19.0. The third-order valence-electron chi connectivity index (χ3n) is 4.66. The fraction of sp³-hybridized carbons (Fsp3) is 0.889. The molecule has 0 unspecified atom stereocenters. The molecule has 6 nitrogen and oxygen atoms in total. The number of ether oxygens (including phenoxy) is 1. The van der Waals surface area contributed by atoms with Crippen molar-refractivity contribution < 1.29 is 14.3 Å². The molecule has 0 aliphatic carbocycles. The molecule has 0 bridgehead atoms. The Hall–Kier alpha value is -1.30. The maximum Gasteiger partial charge on any atom is 0.407 e. The molecule has 2 fully saturated rings. The molecular weight excluding hydrogens is 306 g/mol. The lowest BCUT2D eigenvalue weighted by molar-refractivity contribution is -0.132. The highest BCUT2D eigenvalue weighted by atomic mass is 16.6. The zero-order chi connectivity index (χ0) is 17.6. The average Bonchev–Trinajstić information content (AvgIpc) is 2.53. The lowest BCUT2D eigenvalue weighted by Gasteiger charge is -2.33. The molecule has 138 valence electrons. The Bertz CT molecular complexity index is 420. The van der Waals surface area contributed by atoms with Crippen LogP contribution in [0.1, 0.15) is 59.3 Å².